The summed E-state index contributed by atoms with van der Waals surface area (Å²) in [5.74, 6) is 0.121. The van der Waals surface area contributed by atoms with E-state index in [1.54, 1.807) is 17.1 Å². The topological polar surface area (TPSA) is 85.2 Å². The van der Waals surface area contributed by atoms with Gasteiger partial charge in [-0.2, -0.15) is 18.3 Å². The van der Waals surface area contributed by atoms with Crippen LogP contribution in [0.1, 0.15) is 37.3 Å². The lowest BCUT2D eigenvalue weighted by molar-refractivity contribution is -0.137. The summed E-state index contributed by atoms with van der Waals surface area (Å²) in [6.07, 6.45) is 4.04. The molecule has 0 spiro atoms. The molecule has 2 aliphatic heterocycles. The number of aromatic nitrogens is 4. The lowest BCUT2D eigenvalue weighted by Gasteiger charge is -2.31. The lowest BCUT2D eigenvalue weighted by atomic mass is 10.1. The van der Waals surface area contributed by atoms with Crippen LogP contribution in [-0.2, 0) is 21.9 Å². The van der Waals surface area contributed by atoms with Crippen molar-refractivity contribution in [3.05, 3.63) is 24.2 Å². The van der Waals surface area contributed by atoms with Gasteiger partial charge in [0.25, 0.3) is 0 Å². The van der Waals surface area contributed by atoms with Crippen molar-refractivity contribution in [2.45, 2.75) is 43.9 Å². The van der Waals surface area contributed by atoms with Crippen molar-refractivity contribution < 1.29 is 22.1 Å². The van der Waals surface area contributed by atoms with Gasteiger partial charge in [-0.05, 0) is 25.7 Å². The van der Waals surface area contributed by atoms with Crippen molar-refractivity contribution in [3.8, 4) is 11.3 Å². The number of hydrogen-bond donors (Lipinski definition) is 1. The first-order valence-electron chi connectivity index (χ1n) is 10.2. The van der Waals surface area contributed by atoms with Gasteiger partial charge in [0.2, 0.25) is 5.95 Å². The van der Waals surface area contributed by atoms with Gasteiger partial charge in [0.15, 0.2) is 0 Å². The van der Waals surface area contributed by atoms with Gasteiger partial charge in [-0.1, -0.05) is 0 Å². The molecule has 2 aliphatic rings. The van der Waals surface area contributed by atoms with E-state index in [2.05, 4.69) is 20.4 Å². The largest absolute Gasteiger partial charge is 0.419 e. The Kier molecular flexibility index (Phi) is 6.58. The minimum absolute atomic E-state index is 0.0906. The van der Waals surface area contributed by atoms with E-state index in [0.29, 0.717) is 25.3 Å². The first-order chi connectivity index (χ1) is 14.8. The molecule has 4 rings (SSSR count). The van der Waals surface area contributed by atoms with Crippen LogP contribution in [0, 0.1) is 0 Å². The summed E-state index contributed by atoms with van der Waals surface area (Å²) < 4.78 is 61.5. The molecule has 2 saturated heterocycles. The van der Waals surface area contributed by atoms with Crippen molar-refractivity contribution >= 4 is 16.9 Å². The minimum atomic E-state index is -4.59. The summed E-state index contributed by atoms with van der Waals surface area (Å²) in [6, 6.07) is 0.00611. The molecule has 31 heavy (non-hydrogen) atoms. The van der Waals surface area contributed by atoms with Crippen LogP contribution in [0.3, 0.4) is 0 Å². The highest BCUT2D eigenvalue weighted by Crippen LogP contribution is 2.36. The highest BCUT2D eigenvalue weighted by atomic mass is 32.2. The van der Waals surface area contributed by atoms with Crippen LogP contribution in [-0.4, -0.2) is 66.9 Å². The molecule has 1 N–H and O–H groups in total. The fourth-order valence-corrected chi connectivity index (χ4v) is 4.74. The first-order valence-corrected chi connectivity index (χ1v) is 11.7. The molecule has 2 atom stereocenters. The minimum Gasteiger partial charge on any atom is -0.381 e. The van der Waals surface area contributed by atoms with Crippen LogP contribution >= 0.6 is 0 Å². The second-order valence-electron chi connectivity index (χ2n) is 7.80. The smallest absolute Gasteiger partial charge is 0.381 e. The van der Waals surface area contributed by atoms with E-state index >= 15 is 0 Å². The van der Waals surface area contributed by atoms with Crippen molar-refractivity contribution in [1.82, 2.24) is 24.1 Å². The van der Waals surface area contributed by atoms with Crippen LogP contribution in [0.25, 0.3) is 11.3 Å². The Morgan fingerprint density at radius 3 is 2.71 bits per heavy atom. The predicted octanol–water partition coefficient (Wildman–Crippen LogP) is 2.88. The van der Waals surface area contributed by atoms with E-state index < -0.39 is 22.7 Å². The van der Waals surface area contributed by atoms with E-state index in [9.17, 15) is 17.4 Å². The molecule has 170 valence electrons. The molecule has 0 aromatic carbocycles. The van der Waals surface area contributed by atoms with E-state index in [1.807, 2.05) is 4.31 Å². The number of ether oxygens (including phenoxy) is 1. The molecule has 8 nitrogen and oxygen atoms in total. The zero-order valence-corrected chi connectivity index (χ0v) is 18.0. The first kappa shape index (κ1) is 22.2. The van der Waals surface area contributed by atoms with Gasteiger partial charge in [-0.15, -0.1) is 0 Å². The second-order valence-corrected chi connectivity index (χ2v) is 9.17. The van der Waals surface area contributed by atoms with E-state index in [4.69, 9.17) is 4.74 Å². The van der Waals surface area contributed by atoms with Crippen LogP contribution < -0.4 is 5.32 Å². The molecular formula is C19H25F3N6O2S. The Bertz CT molecular complexity index is 932. The van der Waals surface area contributed by atoms with E-state index in [1.165, 1.54) is 6.20 Å². The maximum atomic E-state index is 13.6. The Morgan fingerprint density at radius 2 is 2.00 bits per heavy atom. The number of anilines is 1. The highest BCUT2D eigenvalue weighted by Gasteiger charge is 2.36. The van der Waals surface area contributed by atoms with Crippen molar-refractivity contribution in [2.24, 2.45) is 0 Å². The number of piperidine rings is 1. The molecular weight excluding hydrogens is 433 g/mol. The molecule has 2 aromatic rings. The number of rotatable bonds is 5. The average Bonchev–Trinajstić information content (AvgIpc) is 3.24. The van der Waals surface area contributed by atoms with Gasteiger partial charge in [-0.25, -0.2) is 18.5 Å². The summed E-state index contributed by atoms with van der Waals surface area (Å²) in [7, 11) is -1.10. The third kappa shape index (κ3) is 5.24. The Labute approximate surface area is 180 Å². The molecule has 0 saturated carbocycles. The van der Waals surface area contributed by atoms with Crippen LogP contribution in [0.2, 0.25) is 0 Å². The number of nitrogens with one attached hydrogen (secondary N) is 1. The maximum Gasteiger partial charge on any atom is 0.419 e. The number of nitrogens with zero attached hydrogens (tertiary/aromatic N) is 5. The standard InChI is InChI=1S/C19H25F3N6O2S/c1-31(29)27-6-2-3-14(12-27)25-18-23-10-16(19(20,21)22)17(26-18)13-9-24-28(11-13)15-4-7-30-8-5-15/h9-11,14-15H,2-8,12H2,1H3,(H,23,25,26). The number of alkyl halides is 3. The lowest BCUT2D eigenvalue weighted by Crippen LogP contribution is -2.42. The van der Waals surface area contributed by atoms with Crippen molar-refractivity contribution in [2.75, 3.05) is 37.9 Å². The summed E-state index contributed by atoms with van der Waals surface area (Å²) in [5.41, 5.74) is -0.802. The summed E-state index contributed by atoms with van der Waals surface area (Å²) in [5, 5.41) is 7.40. The van der Waals surface area contributed by atoms with Gasteiger partial charge >= 0.3 is 6.18 Å². The molecule has 0 radical (unpaired) electrons. The maximum absolute atomic E-state index is 13.6. The molecule has 2 fully saturated rings. The molecule has 0 bridgehead atoms. The normalized spacial score (nSPS) is 22.4. The fourth-order valence-electron chi connectivity index (χ4n) is 3.96. The Balaban J connectivity index is 1.60. The second kappa shape index (κ2) is 9.21. The van der Waals surface area contributed by atoms with Gasteiger partial charge in [0, 0.05) is 56.6 Å². The Morgan fingerprint density at radius 1 is 1.23 bits per heavy atom. The van der Waals surface area contributed by atoms with Crippen molar-refractivity contribution in [1.29, 1.82) is 0 Å². The molecule has 2 aromatic heterocycles. The van der Waals surface area contributed by atoms with Crippen molar-refractivity contribution in [3.63, 3.8) is 0 Å². The molecule has 0 aliphatic carbocycles. The molecule has 0 amide bonds. The highest BCUT2D eigenvalue weighted by molar-refractivity contribution is 7.81. The predicted molar refractivity (Wildman–Crippen MR) is 110 cm³/mol. The summed E-state index contributed by atoms with van der Waals surface area (Å²) in [6.45, 7) is 2.46. The average molecular weight is 459 g/mol. The van der Waals surface area contributed by atoms with Crippen LogP contribution in [0.15, 0.2) is 18.6 Å². The zero-order chi connectivity index (χ0) is 22.0. The van der Waals surface area contributed by atoms with Gasteiger partial charge in [0.1, 0.15) is 5.56 Å². The summed E-state index contributed by atoms with van der Waals surface area (Å²) in [4.78, 5) is 8.13. The van der Waals surface area contributed by atoms with Crippen LogP contribution in [0.5, 0.6) is 0 Å². The third-order valence-corrected chi connectivity index (χ3v) is 6.67. The van der Waals surface area contributed by atoms with Gasteiger partial charge in [0.05, 0.1) is 28.9 Å². The monoisotopic (exact) mass is 458 g/mol. The third-order valence-electron chi connectivity index (χ3n) is 5.62. The summed E-state index contributed by atoms with van der Waals surface area (Å²) >= 11 is 0. The molecule has 4 heterocycles. The van der Waals surface area contributed by atoms with E-state index in [0.717, 1.165) is 38.4 Å². The van der Waals surface area contributed by atoms with E-state index in [-0.39, 0.29) is 23.7 Å². The molecule has 2 unspecified atom stereocenters. The SMILES string of the molecule is CS(=O)N1CCCC(Nc2ncc(C(F)(F)F)c(-c3cnn(C4CCOCC4)c3)n2)C1. The number of hydrogen-bond acceptors (Lipinski definition) is 6. The fraction of sp³-hybridized carbons (Fsp3) is 0.632. The van der Waals surface area contributed by atoms with Gasteiger partial charge < -0.3 is 10.1 Å². The van der Waals surface area contributed by atoms with Gasteiger partial charge in [-0.3, -0.25) is 4.68 Å². The zero-order valence-electron chi connectivity index (χ0n) is 17.1. The molecule has 12 heteroatoms. The van der Waals surface area contributed by atoms with Crippen LogP contribution in [0.4, 0.5) is 19.1 Å². The Hall–Kier alpha value is -2.05. The quantitative estimate of drug-likeness (QED) is 0.742. The number of halogens is 3.